The van der Waals surface area contributed by atoms with E-state index in [0.717, 1.165) is 0 Å². The summed E-state index contributed by atoms with van der Waals surface area (Å²) in [5.74, 6) is -0.783. The average molecular weight is 203 g/mol. The first-order valence-electron chi connectivity index (χ1n) is 3.63. The van der Waals surface area contributed by atoms with Gasteiger partial charge in [-0.2, -0.15) is 0 Å². The second-order valence-electron chi connectivity index (χ2n) is 2.42. The molecule has 72 valence electrons. The van der Waals surface area contributed by atoms with Gasteiger partial charge in [0.05, 0.1) is 12.6 Å². The molecule has 0 atom stereocenters. The second kappa shape index (κ2) is 5.37. The third-order valence-corrected chi connectivity index (χ3v) is 1.51. The van der Waals surface area contributed by atoms with Gasteiger partial charge in [0.25, 0.3) is 0 Å². The zero-order valence-electron chi connectivity index (χ0n) is 7.06. The lowest BCUT2D eigenvalue weighted by Crippen LogP contribution is -3.00. The summed E-state index contributed by atoms with van der Waals surface area (Å²) in [7, 11) is 0. The van der Waals surface area contributed by atoms with E-state index >= 15 is 0 Å². The lowest BCUT2D eigenvalue weighted by Gasteiger charge is -1.89. The number of halogens is 1. The number of aliphatic carboxylic acids is 1. The maximum absolute atomic E-state index is 10.2. The van der Waals surface area contributed by atoms with Crippen LogP contribution < -0.4 is 17.0 Å². The van der Waals surface area contributed by atoms with E-state index in [9.17, 15) is 4.79 Å². The van der Waals surface area contributed by atoms with E-state index in [1.807, 2.05) is 12.4 Å². The molecule has 1 aromatic heterocycles. The van der Waals surface area contributed by atoms with Crippen molar-refractivity contribution < 1.29 is 26.9 Å². The van der Waals surface area contributed by atoms with Gasteiger partial charge in [0.15, 0.2) is 0 Å². The highest BCUT2D eigenvalue weighted by Crippen LogP contribution is 1.85. The Kier molecular flexibility index (Phi) is 4.84. The molecule has 0 saturated carbocycles. The minimum atomic E-state index is -0.783. The molecule has 0 aliphatic heterocycles. The van der Waals surface area contributed by atoms with Gasteiger partial charge in [0, 0.05) is 0 Å². The molecule has 0 aliphatic carbocycles. The lowest BCUT2D eigenvalue weighted by atomic mass is 10.4. The highest BCUT2D eigenvalue weighted by Gasteiger charge is 2.03. The molecule has 4 nitrogen and oxygen atoms in total. The van der Waals surface area contributed by atoms with Crippen molar-refractivity contribution in [3.05, 3.63) is 25.3 Å². The Morgan fingerprint density at radius 2 is 2.38 bits per heavy atom. The summed E-state index contributed by atoms with van der Waals surface area (Å²) in [5.41, 5.74) is 0. The van der Waals surface area contributed by atoms with Gasteiger partial charge >= 0.3 is 5.97 Å². The van der Waals surface area contributed by atoms with E-state index in [0.29, 0.717) is 6.54 Å². The quantitative estimate of drug-likeness (QED) is 0.543. The molecule has 5 heteroatoms. The molecule has 0 amide bonds. The van der Waals surface area contributed by atoms with Crippen LogP contribution in [0, 0.1) is 0 Å². The third-order valence-electron chi connectivity index (χ3n) is 1.51. The molecular formula is C8H11ClN2O2. The topological polar surface area (TPSA) is 46.1 Å². The molecule has 0 unspecified atom stereocenters. The number of carboxylic acids is 1. The molecule has 1 heterocycles. The average Bonchev–Trinajstić information content (AvgIpc) is 2.48. The fraction of sp³-hybridized carbons (Fsp3) is 0.250. The normalized spacial score (nSPS) is 8.92. The Hall–Kier alpha value is -1.29. The van der Waals surface area contributed by atoms with Gasteiger partial charge in [-0.1, -0.05) is 6.58 Å². The van der Waals surface area contributed by atoms with Crippen LogP contribution in [0.25, 0.3) is 6.20 Å². The molecule has 1 rings (SSSR count). The van der Waals surface area contributed by atoms with Crippen molar-refractivity contribution in [3.8, 4) is 0 Å². The van der Waals surface area contributed by atoms with E-state index < -0.39 is 5.97 Å². The number of imidazole rings is 1. The predicted molar refractivity (Wildman–Crippen MR) is 43.3 cm³/mol. The van der Waals surface area contributed by atoms with Crippen molar-refractivity contribution in [3.63, 3.8) is 0 Å². The van der Waals surface area contributed by atoms with Gasteiger partial charge in [-0.25, -0.2) is 9.13 Å². The maximum Gasteiger partial charge on any atom is 0.307 e. The Morgan fingerprint density at radius 1 is 1.69 bits per heavy atom. The Morgan fingerprint density at radius 3 is 2.85 bits per heavy atom. The number of aromatic nitrogens is 2. The number of hydrogen-bond acceptors (Lipinski definition) is 1. The Bertz CT molecular complexity index is 296. The van der Waals surface area contributed by atoms with Crippen molar-refractivity contribution in [1.82, 2.24) is 4.57 Å². The first kappa shape index (κ1) is 11.7. The molecule has 13 heavy (non-hydrogen) atoms. The summed E-state index contributed by atoms with van der Waals surface area (Å²) in [6.45, 7) is 4.07. The smallest absolute Gasteiger partial charge is 0.307 e. The highest BCUT2D eigenvalue weighted by molar-refractivity contribution is 5.66. The molecule has 0 spiro atoms. The van der Waals surface area contributed by atoms with Crippen molar-refractivity contribution >= 4 is 12.2 Å². The minimum absolute atomic E-state index is 0. The number of nitrogens with zero attached hydrogens (tertiary/aromatic N) is 2. The molecule has 0 fully saturated rings. The van der Waals surface area contributed by atoms with E-state index in [1.54, 1.807) is 21.7 Å². The van der Waals surface area contributed by atoms with Crippen LogP contribution in [0.3, 0.4) is 0 Å². The molecule has 1 N–H and O–H groups in total. The Balaban J connectivity index is 0.00000144. The Labute approximate surface area is 82.5 Å². The van der Waals surface area contributed by atoms with Gasteiger partial charge in [-0.15, -0.1) is 0 Å². The van der Waals surface area contributed by atoms with E-state index in [1.165, 1.54) is 0 Å². The van der Waals surface area contributed by atoms with Gasteiger partial charge in [0.1, 0.15) is 18.9 Å². The SMILES string of the molecule is C=Cn1cc[n+](CCC(=O)O)c1.[Cl-]. The molecule has 0 radical (unpaired) electrons. The summed E-state index contributed by atoms with van der Waals surface area (Å²) in [5, 5.41) is 8.40. The van der Waals surface area contributed by atoms with Crippen LogP contribution in [-0.2, 0) is 11.3 Å². The zero-order chi connectivity index (χ0) is 8.97. The fourth-order valence-corrected chi connectivity index (χ4v) is 0.876. The highest BCUT2D eigenvalue weighted by atomic mass is 35.5. The first-order chi connectivity index (χ1) is 5.72. The zero-order valence-corrected chi connectivity index (χ0v) is 7.81. The summed E-state index contributed by atoms with van der Waals surface area (Å²) >= 11 is 0. The first-order valence-corrected chi connectivity index (χ1v) is 3.63. The second-order valence-corrected chi connectivity index (χ2v) is 2.42. The fourth-order valence-electron chi connectivity index (χ4n) is 0.876. The number of carboxylic acid groups (broad SMARTS) is 1. The monoisotopic (exact) mass is 202 g/mol. The summed E-state index contributed by atoms with van der Waals surface area (Å²) in [6, 6.07) is 0. The molecular weight excluding hydrogens is 192 g/mol. The molecule has 1 aromatic rings. The van der Waals surface area contributed by atoms with Crippen LogP contribution in [0.1, 0.15) is 6.42 Å². The minimum Gasteiger partial charge on any atom is -1.00 e. The van der Waals surface area contributed by atoms with E-state index in [-0.39, 0.29) is 18.8 Å². The van der Waals surface area contributed by atoms with Crippen molar-refractivity contribution in [2.45, 2.75) is 13.0 Å². The standard InChI is InChI=1S/C8H10N2O2.ClH/c1-2-9-5-6-10(7-9)4-3-8(11)12;/h2,5-7H,1,3-4H2;1H. The van der Waals surface area contributed by atoms with Crippen LogP contribution in [0.15, 0.2) is 25.3 Å². The van der Waals surface area contributed by atoms with Crippen LogP contribution >= 0.6 is 0 Å². The molecule has 0 aliphatic rings. The molecule has 0 aromatic carbocycles. The third kappa shape index (κ3) is 3.75. The maximum atomic E-state index is 10.2. The van der Waals surface area contributed by atoms with E-state index in [4.69, 9.17) is 5.11 Å². The van der Waals surface area contributed by atoms with Gasteiger partial charge in [0.2, 0.25) is 6.33 Å². The predicted octanol–water partition coefficient (Wildman–Crippen LogP) is -2.65. The summed E-state index contributed by atoms with van der Waals surface area (Å²) < 4.78 is 3.57. The lowest BCUT2D eigenvalue weighted by molar-refractivity contribution is -0.695. The van der Waals surface area contributed by atoms with Crippen LogP contribution in [-0.4, -0.2) is 15.6 Å². The largest absolute Gasteiger partial charge is 1.00 e. The number of carbonyl (C=O) groups is 1. The number of hydrogen-bond donors (Lipinski definition) is 1. The van der Waals surface area contributed by atoms with Crippen molar-refractivity contribution in [2.24, 2.45) is 0 Å². The summed E-state index contributed by atoms with van der Waals surface area (Å²) in [4.78, 5) is 10.2. The van der Waals surface area contributed by atoms with Crippen LogP contribution in [0.4, 0.5) is 0 Å². The van der Waals surface area contributed by atoms with Gasteiger partial charge < -0.3 is 17.5 Å². The van der Waals surface area contributed by atoms with Gasteiger partial charge in [-0.3, -0.25) is 4.79 Å². The molecule has 0 saturated heterocycles. The number of aryl methyl sites for hydroxylation is 1. The number of rotatable bonds is 4. The van der Waals surface area contributed by atoms with E-state index in [2.05, 4.69) is 6.58 Å². The van der Waals surface area contributed by atoms with Crippen LogP contribution in [0.2, 0.25) is 0 Å². The van der Waals surface area contributed by atoms with Crippen molar-refractivity contribution in [2.75, 3.05) is 0 Å². The summed E-state index contributed by atoms with van der Waals surface area (Å²) in [6.07, 6.45) is 7.21. The van der Waals surface area contributed by atoms with Crippen molar-refractivity contribution in [1.29, 1.82) is 0 Å². The van der Waals surface area contributed by atoms with Crippen LogP contribution in [0.5, 0.6) is 0 Å². The van der Waals surface area contributed by atoms with Gasteiger partial charge in [-0.05, 0) is 0 Å². The molecule has 0 bridgehead atoms.